The van der Waals surface area contributed by atoms with Crippen molar-refractivity contribution < 1.29 is 0 Å². The number of aromatic nitrogens is 6. The summed E-state index contributed by atoms with van der Waals surface area (Å²) in [5.41, 5.74) is 1.80. The van der Waals surface area contributed by atoms with E-state index in [2.05, 4.69) is 25.4 Å². The molecule has 0 saturated carbocycles. The maximum absolute atomic E-state index is 5.93. The van der Waals surface area contributed by atoms with Gasteiger partial charge in [0.05, 0.1) is 6.20 Å². The van der Waals surface area contributed by atoms with Gasteiger partial charge in [-0.3, -0.25) is 4.98 Å². The van der Waals surface area contributed by atoms with E-state index in [1.807, 2.05) is 41.2 Å². The van der Waals surface area contributed by atoms with Crippen LogP contribution in [0.25, 0.3) is 11.2 Å². The van der Waals surface area contributed by atoms with E-state index in [1.54, 1.807) is 23.2 Å². The van der Waals surface area contributed by atoms with Crippen LogP contribution in [0.5, 0.6) is 0 Å². The molecule has 1 N–H and O–H groups in total. The minimum atomic E-state index is 0.166. The van der Waals surface area contributed by atoms with Gasteiger partial charge in [-0.05, 0) is 35.9 Å². The molecule has 0 unspecified atom stereocenters. The van der Waals surface area contributed by atoms with E-state index in [0.717, 1.165) is 11.2 Å². The van der Waals surface area contributed by atoms with Gasteiger partial charge in [0.1, 0.15) is 17.7 Å². The van der Waals surface area contributed by atoms with E-state index in [9.17, 15) is 0 Å². The molecular formula is C14H10ClN7. The minimum Gasteiger partial charge on any atom is -0.322 e. The molecule has 4 aromatic rings. The highest BCUT2D eigenvalue weighted by atomic mass is 35.5. The van der Waals surface area contributed by atoms with Crippen molar-refractivity contribution in [3.8, 4) is 5.69 Å². The second-order valence-corrected chi connectivity index (χ2v) is 4.90. The molecule has 7 nitrogen and oxygen atoms in total. The van der Waals surface area contributed by atoms with Gasteiger partial charge in [-0.2, -0.15) is 4.98 Å². The van der Waals surface area contributed by atoms with Crippen LogP contribution in [0.2, 0.25) is 5.28 Å². The van der Waals surface area contributed by atoms with Crippen molar-refractivity contribution in [1.82, 2.24) is 29.1 Å². The molecule has 4 aromatic heterocycles. The van der Waals surface area contributed by atoms with Crippen LogP contribution in [-0.4, -0.2) is 29.1 Å². The first-order valence-corrected chi connectivity index (χ1v) is 6.90. The fourth-order valence-electron chi connectivity index (χ4n) is 2.17. The van der Waals surface area contributed by atoms with Gasteiger partial charge in [0.25, 0.3) is 0 Å². The van der Waals surface area contributed by atoms with Crippen molar-refractivity contribution in [3.05, 3.63) is 60.7 Å². The number of halogens is 1. The Kier molecular flexibility index (Phi) is 2.97. The molecule has 4 rings (SSSR count). The van der Waals surface area contributed by atoms with E-state index >= 15 is 0 Å². The molecule has 0 atom stereocenters. The lowest BCUT2D eigenvalue weighted by molar-refractivity contribution is 0.907. The Morgan fingerprint density at radius 2 is 2.00 bits per heavy atom. The zero-order valence-corrected chi connectivity index (χ0v) is 12.0. The Labute approximate surface area is 130 Å². The SMILES string of the molecule is Clc1nc(Nc2cn(-c3ccncc3)cn2)c2cccn2n1. The Morgan fingerprint density at radius 1 is 1.14 bits per heavy atom. The average Bonchev–Trinajstić information content (AvgIpc) is 3.17. The average molecular weight is 312 g/mol. The fourth-order valence-corrected chi connectivity index (χ4v) is 2.33. The molecule has 0 aliphatic carbocycles. The molecule has 0 spiro atoms. The highest BCUT2D eigenvalue weighted by Gasteiger charge is 2.08. The summed E-state index contributed by atoms with van der Waals surface area (Å²) >= 11 is 5.93. The summed E-state index contributed by atoms with van der Waals surface area (Å²) in [6, 6.07) is 7.58. The molecule has 0 aromatic carbocycles. The first-order chi connectivity index (χ1) is 10.8. The van der Waals surface area contributed by atoms with Crippen molar-refractivity contribution in [3.63, 3.8) is 0 Å². The number of imidazole rings is 1. The van der Waals surface area contributed by atoms with Crippen LogP contribution < -0.4 is 5.32 Å². The monoisotopic (exact) mass is 311 g/mol. The van der Waals surface area contributed by atoms with Crippen LogP contribution in [-0.2, 0) is 0 Å². The number of rotatable bonds is 3. The summed E-state index contributed by atoms with van der Waals surface area (Å²) in [6.45, 7) is 0. The second-order valence-electron chi connectivity index (χ2n) is 4.56. The lowest BCUT2D eigenvalue weighted by atomic mass is 10.4. The normalized spacial score (nSPS) is 11.0. The van der Waals surface area contributed by atoms with E-state index in [-0.39, 0.29) is 5.28 Å². The molecule has 0 saturated heterocycles. The van der Waals surface area contributed by atoms with Gasteiger partial charge in [-0.15, -0.1) is 5.10 Å². The predicted molar refractivity (Wildman–Crippen MR) is 82.6 cm³/mol. The number of anilines is 2. The Hall–Kier alpha value is -2.93. The molecule has 0 aliphatic heterocycles. The zero-order valence-electron chi connectivity index (χ0n) is 11.3. The largest absolute Gasteiger partial charge is 0.322 e. The van der Waals surface area contributed by atoms with Crippen LogP contribution in [0.15, 0.2) is 55.4 Å². The summed E-state index contributed by atoms with van der Waals surface area (Å²) in [5.74, 6) is 1.26. The summed E-state index contributed by atoms with van der Waals surface area (Å²) in [4.78, 5) is 12.5. The molecule has 0 amide bonds. The van der Waals surface area contributed by atoms with Gasteiger partial charge >= 0.3 is 0 Å². The number of hydrogen-bond donors (Lipinski definition) is 1. The highest BCUT2D eigenvalue weighted by molar-refractivity contribution is 6.28. The molecule has 8 heteroatoms. The van der Waals surface area contributed by atoms with Crippen LogP contribution in [0.1, 0.15) is 0 Å². The smallest absolute Gasteiger partial charge is 0.243 e. The van der Waals surface area contributed by atoms with Crippen molar-refractivity contribution in [2.24, 2.45) is 0 Å². The van der Waals surface area contributed by atoms with Crippen LogP contribution in [0.3, 0.4) is 0 Å². The lowest BCUT2D eigenvalue weighted by Crippen LogP contribution is -2.01. The summed E-state index contributed by atoms with van der Waals surface area (Å²) < 4.78 is 3.56. The molecule has 4 heterocycles. The van der Waals surface area contributed by atoms with Crippen LogP contribution in [0.4, 0.5) is 11.6 Å². The fraction of sp³-hybridized carbons (Fsp3) is 0. The van der Waals surface area contributed by atoms with Gasteiger partial charge in [0.15, 0.2) is 5.82 Å². The van der Waals surface area contributed by atoms with E-state index in [0.29, 0.717) is 11.6 Å². The van der Waals surface area contributed by atoms with Gasteiger partial charge in [0, 0.05) is 24.3 Å². The van der Waals surface area contributed by atoms with Crippen molar-refractivity contribution >= 4 is 28.8 Å². The maximum Gasteiger partial charge on any atom is 0.243 e. The number of pyridine rings is 1. The van der Waals surface area contributed by atoms with Gasteiger partial charge < -0.3 is 9.88 Å². The summed E-state index contributed by atoms with van der Waals surface area (Å²) in [5, 5.41) is 7.42. The molecule has 0 radical (unpaired) electrons. The van der Waals surface area contributed by atoms with Gasteiger partial charge in [-0.1, -0.05) is 0 Å². The Balaban J connectivity index is 1.69. The van der Waals surface area contributed by atoms with Crippen LogP contribution >= 0.6 is 11.6 Å². The zero-order chi connectivity index (χ0) is 14.9. The van der Waals surface area contributed by atoms with Gasteiger partial charge in [-0.25, -0.2) is 9.50 Å². The van der Waals surface area contributed by atoms with E-state index in [4.69, 9.17) is 11.6 Å². The third-order valence-electron chi connectivity index (χ3n) is 3.16. The molecule has 22 heavy (non-hydrogen) atoms. The summed E-state index contributed by atoms with van der Waals surface area (Å²) in [7, 11) is 0. The lowest BCUT2D eigenvalue weighted by Gasteiger charge is -2.05. The van der Waals surface area contributed by atoms with E-state index < -0.39 is 0 Å². The number of nitrogens with one attached hydrogen (secondary N) is 1. The number of fused-ring (bicyclic) bond motifs is 1. The molecular weight excluding hydrogens is 302 g/mol. The first kappa shape index (κ1) is 12.8. The van der Waals surface area contributed by atoms with Crippen molar-refractivity contribution in [1.29, 1.82) is 0 Å². The van der Waals surface area contributed by atoms with Crippen molar-refractivity contribution in [2.45, 2.75) is 0 Å². The third kappa shape index (κ3) is 2.27. The molecule has 0 fully saturated rings. The van der Waals surface area contributed by atoms with Gasteiger partial charge in [0.2, 0.25) is 5.28 Å². The Bertz CT molecular complexity index is 929. The molecule has 108 valence electrons. The number of hydrogen-bond acceptors (Lipinski definition) is 5. The minimum absolute atomic E-state index is 0.166. The second kappa shape index (κ2) is 5.12. The third-order valence-corrected chi connectivity index (χ3v) is 3.32. The topological polar surface area (TPSA) is 72.9 Å². The Morgan fingerprint density at radius 3 is 2.86 bits per heavy atom. The van der Waals surface area contributed by atoms with Crippen LogP contribution in [0, 0.1) is 0 Å². The standard InChI is InChI=1S/C14H10ClN7/c15-14-19-13(11-2-1-7-22(11)20-14)18-12-8-21(9-17-12)10-3-5-16-6-4-10/h1-9H,(H,18,19,20). The predicted octanol–water partition coefficient (Wildman–Crippen LogP) is 2.71. The first-order valence-electron chi connectivity index (χ1n) is 6.52. The molecule has 0 aliphatic rings. The van der Waals surface area contributed by atoms with Crippen molar-refractivity contribution in [2.75, 3.05) is 5.32 Å². The number of nitrogens with zero attached hydrogens (tertiary/aromatic N) is 6. The highest BCUT2D eigenvalue weighted by Crippen LogP contribution is 2.20. The maximum atomic E-state index is 5.93. The summed E-state index contributed by atoms with van der Waals surface area (Å²) in [6.07, 6.45) is 8.86. The quantitative estimate of drug-likeness (QED) is 0.630. The molecule has 0 bridgehead atoms. The van der Waals surface area contributed by atoms with E-state index in [1.165, 1.54) is 0 Å².